The quantitative estimate of drug-likeness (QED) is 0.765. The SMILES string of the molecule is CCCC(CC)(C1CCNCC1C)N1CC(CC)CCC1C. The Kier molecular flexibility index (Phi) is 6.76. The summed E-state index contributed by atoms with van der Waals surface area (Å²) < 4.78 is 0. The third-order valence-electron chi connectivity index (χ3n) is 6.90. The van der Waals surface area contributed by atoms with Gasteiger partial charge in [0.1, 0.15) is 0 Å². The Morgan fingerprint density at radius 1 is 1.09 bits per heavy atom. The van der Waals surface area contributed by atoms with Gasteiger partial charge in [-0.1, -0.05) is 40.5 Å². The van der Waals surface area contributed by atoms with Gasteiger partial charge in [-0.3, -0.25) is 4.90 Å². The fourth-order valence-corrected chi connectivity index (χ4v) is 5.57. The molecule has 0 bridgehead atoms. The van der Waals surface area contributed by atoms with Crippen LogP contribution < -0.4 is 5.32 Å². The summed E-state index contributed by atoms with van der Waals surface area (Å²) in [6.07, 6.45) is 9.62. The maximum absolute atomic E-state index is 3.62. The highest BCUT2D eigenvalue weighted by molar-refractivity contribution is 5.02. The third kappa shape index (κ3) is 3.53. The van der Waals surface area contributed by atoms with Crippen LogP contribution in [0.4, 0.5) is 0 Å². The van der Waals surface area contributed by atoms with E-state index in [1.165, 1.54) is 64.6 Å². The molecule has 2 rings (SSSR count). The topological polar surface area (TPSA) is 15.3 Å². The summed E-state index contributed by atoms with van der Waals surface area (Å²) >= 11 is 0. The van der Waals surface area contributed by atoms with Gasteiger partial charge in [-0.05, 0) is 69.9 Å². The summed E-state index contributed by atoms with van der Waals surface area (Å²) in [5.74, 6) is 2.61. The molecule has 0 saturated carbocycles. The monoisotopic (exact) mass is 308 g/mol. The first-order valence-corrected chi connectivity index (χ1v) is 10.1. The maximum Gasteiger partial charge on any atom is 0.0241 e. The average Bonchev–Trinajstić information content (AvgIpc) is 2.54. The minimum atomic E-state index is 0.448. The Balaban J connectivity index is 2.29. The van der Waals surface area contributed by atoms with Crippen molar-refractivity contribution in [2.24, 2.45) is 17.8 Å². The van der Waals surface area contributed by atoms with Crippen molar-refractivity contribution in [2.45, 2.75) is 91.1 Å². The highest BCUT2D eigenvalue weighted by Gasteiger charge is 2.47. The average molecular weight is 309 g/mol. The van der Waals surface area contributed by atoms with Crippen LogP contribution in [0.2, 0.25) is 0 Å². The normalized spacial score (nSPS) is 37.0. The predicted molar refractivity (Wildman–Crippen MR) is 97.3 cm³/mol. The van der Waals surface area contributed by atoms with Crippen LogP contribution in [-0.4, -0.2) is 36.1 Å². The number of rotatable bonds is 6. The second-order valence-electron chi connectivity index (χ2n) is 8.14. The predicted octanol–water partition coefficient (Wildman–Crippen LogP) is 4.69. The molecule has 22 heavy (non-hydrogen) atoms. The second kappa shape index (κ2) is 8.15. The molecule has 5 atom stereocenters. The van der Waals surface area contributed by atoms with Gasteiger partial charge in [-0.15, -0.1) is 0 Å². The van der Waals surface area contributed by atoms with Gasteiger partial charge < -0.3 is 5.32 Å². The van der Waals surface area contributed by atoms with Crippen molar-refractivity contribution in [1.29, 1.82) is 0 Å². The summed E-state index contributed by atoms with van der Waals surface area (Å²) in [6, 6.07) is 0.774. The first-order chi connectivity index (χ1) is 10.6. The maximum atomic E-state index is 3.62. The Labute approximate surface area is 139 Å². The van der Waals surface area contributed by atoms with E-state index in [9.17, 15) is 0 Å². The lowest BCUT2D eigenvalue weighted by molar-refractivity contribution is -0.0653. The van der Waals surface area contributed by atoms with Crippen molar-refractivity contribution < 1.29 is 0 Å². The Bertz CT molecular complexity index is 330. The highest BCUT2D eigenvalue weighted by atomic mass is 15.2. The van der Waals surface area contributed by atoms with Crippen LogP contribution in [0.3, 0.4) is 0 Å². The standard InChI is InChI=1S/C20H40N2/c1-6-12-20(8-3,19-11-13-21-14-16(19)4)22-15-18(7-2)10-9-17(22)5/h16-19,21H,6-15H2,1-5H3. The zero-order chi connectivity index (χ0) is 16.2. The molecule has 2 heterocycles. The smallest absolute Gasteiger partial charge is 0.0241 e. The first kappa shape index (κ1) is 18.3. The van der Waals surface area contributed by atoms with E-state index in [4.69, 9.17) is 0 Å². The molecular weight excluding hydrogens is 268 g/mol. The Hall–Kier alpha value is -0.0800. The largest absolute Gasteiger partial charge is 0.316 e. The summed E-state index contributed by atoms with van der Waals surface area (Å²) in [6.45, 7) is 16.0. The number of nitrogens with zero attached hydrogens (tertiary/aromatic N) is 1. The van der Waals surface area contributed by atoms with E-state index in [0.29, 0.717) is 5.54 Å². The van der Waals surface area contributed by atoms with Crippen molar-refractivity contribution in [3.63, 3.8) is 0 Å². The molecular formula is C20H40N2. The third-order valence-corrected chi connectivity index (χ3v) is 6.90. The zero-order valence-corrected chi connectivity index (χ0v) is 15.8. The van der Waals surface area contributed by atoms with Crippen molar-refractivity contribution in [3.8, 4) is 0 Å². The van der Waals surface area contributed by atoms with Crippen LogP contribution in [0, 0.1) is 17.8 Å². The summed E-state index contributed by atoms with van der Waals surface area (Å²) in [5, 5.41) is 3.62. The molecule has 0 radical (unpaired) electrons. The molecule has 0 spiro atoms. The van der Waals surface area contributed by atoms with Gasteiger partial charge in [0.2, 0.25) is 0 Å². The molecule has 130 valence electrons. The molecule has 0 aliphatic carbocycles. The van der Waals surface area contributed by atoms with Gasteiger partial charge in [-0.25, -0.2) is 0 Å². The molecule has 2 fully saturated rings. The molecule has 0 aromatic heterocycles. The molecule has 2 heteroatoms. The lowest BCUT2D eigenvalue weighted by Crippen LogP contribution is -2.62. The summed E-state index contributed by atoms with van der Waals surface area (Å²) in [7, 11) is 0. The molecule has 0 amide bonds. The van der Waals surface area contributed by atoms with E-state index in [-0.39, 0.29) is 0 Å². The summed E-state index contributed by atoms with van der Waals surface area (Å²) in [5.41, 5.74) is 0.448. The van der Waals surface area contributed by atoms with Crippen molar-refractivity contribution in [2.75, 3.05) is 19.6 Å². The molecule has 0 aromatic rings. The molecule has 2 saturated heterocycles. The van der Waals surface area contributed by atoms with Crippen molar-refractivity contribution in [1.82, 2.24) is 10.2 Å². The first-order valence-electron chi connectivity index (χ1n) is 10.1. The van der Waals surface area contributed by atoms with Crippen LogP contribution in [-0.2, 0) is 0 Å². The van der Waals surface area contributed by atoms with Crippen LogP contribution in [0.25, 0.3) is 0 Å². The number of hydrogen-bond acceptors (Lipinski definition) is 2. The Morgan fingerprint density at radius 3 is 2.45 bits per heavy atom. The van der Waals surface area contributed by atoms with Crippen LogP contribution in [0.1, 0.15) is 79.6 Å². The molecule has 0 aromatic carbocycles. The van der Waals surface area contributed by atoms with Gasteiger partial charge in [-0.2, -0.15) is 0 Å². The van der Waals surface area contributed by atoms with E-state index >= 15 is 0 Å². The number of piperidine rings is 2. The molecule has 2 nitrogen and oxygen atoms in total. The van der Waals surface area contributed by atoms with Crippen molar-refractivity contribution >= 4 is 0 Å². The number of hydrogen-bond donors (Lipinski definition) is 1. The van der Waals surface area contributed by atoms with E-state index in [0.717, 1.165) is 23.8 Å². The lowest BCUT2D eigenvalue weighted by Gasteiger charge is -2.57. The second-order valence-corrected chi connectivity index (χ2v) is 8.14. The van der Waals surface area contributed by atoms with Gasteiger partial charge in [0.15, 0.2) is 0 Å². The van der Waals surface area contributed by atoms with Crippen LogP contribution in [0.5, 0.6) is 0 Å². The number of likely N-dealkylation sites (tertiary alicyclic amines) is 1. The van der Waals surface area contributed by atoms with Crippen molar-refractivity contribution in [3.05, 3.63) is 0 Å². The fraction of sp³-hybridized carbons (Fsp3) is 1.00. The minimum absolute atomic E-state index is 0.448. The fourth-order valence-electron chi connectivity index (χ4n) is 5.57. The van der Waals surface area contributed by atoms with E-state index < -0.39 is 0 Å². The van der Waals surface area contributed by atoms with E-state index in [1.54, 1.807) is 0 Å². The molecule has 1 N–H and O–H groups in total. The van der Waals surface area contributed by atoms with Gasteiger partial charge >= 0.3 is 0 Å². The van der Waals surface area contributed by atoms with Gasteiger partial charge in [0, 0.05) is 18.1 Å². The van der Waals surface area contributed by atoms with E-state index in [2.05, 4.69) is 44.8 Å². The number of nitrogens with one attached hydrogen (secondary N) is 1. The molecule has 2 aliphatic heterocycles. The minimum Gasteiger partial charge on any atom is -0.316 e. The highest BCUT2D eigenvalue weighted by Crippen LogP contribution is 2.44. The molecule has 2 aliphatic rings. The van der Waals surface area contributed by atoms with E-state index in [1.807, 2.05) is 0 Å². The van der Waals surface area contributed by atoms with Gasteiger partial charge in [0.05, 0.1) is 0 Å². The van der Waals surface area contributed by atoms with Gasteiger partial charge in [0.25, 0.3) is 0 Å². The lowest BCUT2D eigenvalue weighted by atomic mass is 9.66. The Morgan fingerprint density at radius 2 is 1.86 bits per heavy atom. The summed E-state index contributed by atoms with van der Waals surface area (Å²) in [4.78, 5) is 2.99. The van der Waals surface area contributed by atoms with Crippen LogP contribution in [0.15, 0.2) is 0 Å². The molecule has 5 unspecified atom stereocenters. The van der Waals surface area contributed by atoms with Crippen LogP contribution >= 0.6 is 0 Å². The zero-order valence-electron chi connectivity index (χ0n) is 15.8.